The van der Waals surface area contributed by atoms with Crippen molar-refractivity contribution in [3.63, 3.8) is 0 Å². The maximum atomic E-state index is 12.9. The predicted octanol–water partition coefficient (Wildman–Crippen LogP) is 3.67. The van der Waals surface area contributed by atoms with Crippen LogP contribution in [0.25, 0.3) is 0 Å². The molecule has 1 aliphatic heterocycles. The SMILES string of the molecule is CCOC(=O)N1CCC(NC(=O)N(Cc2ccco2)Cc2cccs2)CC1. The van der Waals surface area contributed by atoms with E-state index in [1.165, 1.54) is 0 Å². The molecule has 0 bridgehead atoms. The van der Waals surface area contributed by atoms with Crippen LogP contribution in [0, 0.1) is 0 Å². The number of urea groups is 1. The normalized spacial score (nSPS) is 14.8. The third kappa shape index (κ3) is 5.50. The minimum atomic E-state index is -0.278. The summed E-state index contributed by atoms with van der Waals surface area (Å²) in [6.07, 6.45) is 2.78. The van der Waals surface area contributed by atoms with Crippen LogP contribution in [0.4, 0.5) is 9.59 Å². The van der Waals surface area contributed by atoms with E-state index in [4.69, 9.17) is 9.15 Å². The van der Waals surface area contributed by atoms with Crippen molar-refractivity contribution >= 4 is 23.5 Å². The Morgan fingerprint density at radius 1 is 1.30 bits per heavy atom. The van der Waals surface area contributed by atoms with Gasteiger partial charge in [-0.2, -0.15) is 0 Å². The second kappa shape index (κ2) is 9.45. The fourth-order valence-corrected chi connectivity index (χ4v) is 3.79. The number of carbonyl (C=O) groups excluding carboxylic acids is 2. The van der Waals surface area contributed by atoms with Gasteiger partial charge in [0.2, 0.25) is 0 Å². The van der Waals surface area contributed by atoms with Crippen molar-refractivity contribution in [2.75, 3.05) is 19.7 Å². The van der Waals surface area contributed by atoms with Gasteiger partial charge in [0.15, 0.2) is 0 Å². The largest absolute Gasteiger partial charge is 0.467 e. The van der Waals surface area contributed by atoms with Crippen LogP contribution < -0.4 is 5.32 Å². The smallest absolute Gasteiger partial charge is 0.409 e. The van der Waals surface area contributed by atoms with Gasteiger partial charge in [-0.1, -0.05) is 6.07 Å². The summed E-state index contributed by atoms with van der Waals surface area (Å²) in [5.41, 5.74) is 0. The zero-order valence-corrected chi connectivity index (χ0v) is 16.2. The van der Waals surface area contributed by atoms with Crippen LogP contribution in [0.15, 0.2) is 40.3 Å². The summed E-state index contributed by atoms with van der Waals surface area (Å²) in [7, 11) is 0. The second-order valence-electron chi connectivity index (χ2n) is 6.42. The maximum Gasteiger partial charge on any atom is 0.409 e. The minimum absolute atomic E-state index is 0.0469. The average molecular weight is 391 g/mol. The number of thiophene rings is 1. The molecule has 0 aliphatic carbocycles. The van der Waals surface area contributed by atoms with E-state index < -0.39 is 0 Å². The number of hydrogen-bond acceptors (Lipinski definition) is 5. The van der Waals surface area contributed by atoms with E-state index in [9.17, 15) is 9.59 Å². The molecule has 0 spiro atoms. The van der Waals surface area contributed by atoms with E-state index in [1.807, 2.05) is 29.6 Å². The fraction of sp³-hybridized carbons (Fsp3) is 0.474. The number of nitrogens with zero attached hydrogens (tertiary/aromatic N) is 2. The van der Waals surface area contributed by atoms with E-state index in [0.717, 1.165) is 23.5 Å². The van der Waals surface area contributed by atoms with E-state index in [1.54, 1.807) is 34.3 Å². The average Bonchev–Trinajstić information content (AvgIpc) is 3.36. The number of furan rings is 1. The van der Waals surface area contributed by atoms with Gasteiger partial charge in [0, 0.05) is 24.0 Å². The van der Waals surface area contributed by atoms with Gasteiger partial charge in [-0.3, -0.25) is 0 Å². The summed E-state index contributed by atoms with van der Waals surface area (Å²) in [6, 6.07) is 7.62. The number of rotatable bonds is 6. The first-order valence-electron chi connectivity index (χ1n) is 9.17. The molecule has 2 aromatic heterocycles. The molecule has 1 N–H and O–H groups in total. The number of likely N-dealkylation sites (tertiary alicyclic amines) is 1. The highest BCUT2D eigenvalue weighted by Crippen LogP contribution is 2.17. The van der Waals surface area contributed by atoms with Crippen LogP contribution in [-0.4, -0.2) is 47.7 Å². The molecule has 27 heavy (non-hydrogen) atoms. The minimum Gasteiger partial charge on any atom is -0.467 e. The Morgan fingerprint density at radius 2 is 2.11 bits per heavy atom. The van der Waals surface area contributed by atoms with Crippen LogP contribution in [-0.2, 0) is 17.8 Å². The van der Waals surface area contributed by atoms with Gasteiger partial charge < -0.3 is 24.3 Å². The molecule has 0 unspecified atom stereocenters. The summed E-state index contributed by atoms with van der Waals surface area (Å²) in [5, 5.41) is 5.11. The zero-order chi connectivity index (χ0) is 19.1. The van der Waals surface area contributed by atoms with Gasteiger partial charge in [-0.15, -0.1) is 11.3 Å². The van der Waals surface area contributed by atoms with E-state index in [2.05, 4.69) is 5.32 Å². The Bertz CT molecular complexity index is 673. The van der Waals surface area contributed by atoms with E-state index in [0.29, 0.717) is 32.8 Å². The first-order valence-corrected chi connectivity index (χ1v) is 10.1. The summed E-state index contributed by atoms with van der Waals surface area (Å²) in [5.74, 6) is 0.749. The lowest BCUT2D eigenvalue weighted by molar-refractivity contribution is 0.0949. The lowest BCUT2D eigenvalue weighted by Crippen LogP contribution is -2.50. The topological polar surface area (TPSA) is 75.0 Å². The van der Waals surface area contributed by atoms with Gasteiger partial charge in [-0.25, -0.2) is 9.59 Å². The molecule has 3 heterocycles. The molecule has 7 nitrogen and oxygen atoms in total. The molecule has 8 heteroatoms. The number of amides is 3. The molecule has 1 saturated heterocycles. The fourth-order valence-electron chi connectivity index (χ4n) is 3.07. The van der Waals surface area contributed by atoms with Crippen molar-refractivity contribution in [2.24, 2.45) is 0 Å². The Morgan fingerprint density at radius 3 is 2.74 bits per heavy atom. The van der Waals surface area contributed by atoms with Crippen molar-refractivity contribution < 1.29 is 18.7 Å². The lowest BCUT2D eigenvalue weighted by atomic mass is 10.1. The molecule has 0 aromatic carbocycles. The molecule has 0 saturated carbocycles. The maximum absolute atomic E-state index is 12.9. The zero-order valence-electron chi connectivity index (χ0n) is 15.4. The summed E-state index contributed by atoms with van der Waals surface area (Å²) >= 11 is 1.63. The van der Waals surface area contributed by atoms with Crippen molar-refractivity contribution in [1.82, 2.24) is 15.1 Å². The predicted molar refractivity (Wildman–Crippen MR) is 102 cm³/mol. The highest BCUT2D eigenvalue weighted by molar-refractivity contribution is 7.09. The number of hydrogen-bond donors (Lipinski definition) is 1. The molecular weight excluding hydrogens is 366 g/mol. The molecule has 3 amide bonds. The van der Waals surface area contributed by atoms with Crippen LogP contribution in [0.2, 0.25) is 0 Å². The molecule has 0 atom stereocenters. The number of piperidine rings is 1. The van der Waals surface area contributed by atoms with Crippen molar-refractivity contribution in [1.29, 1.82) is 0 Å². The molecule has 2 aromatic rings. The van der Waals surface area contributed by atoms with Crippen LogP contribution in [0.1, 0.15) is 30.4 Å². The highest BCUT2D eigenvalue weighted by atomic mass is 32.1. The van der Waals surface area contributed by atoms with Gasteiger partial charge in [-0.05, 0) is 43.3 Å². The number of ether oxygens (including phenoxy) is 1. The standard InChI is InChI=1S/C19H25N3O4S/c1-2-25-19(24)21-9-7-15(8-10-21)20-18(23)22(13-16-5-3-11-26-16)14-17-6-4-12-27-17/h3-6,11-12,15H,2,7-10,13-14H2,1H3,(H,20,23). The number of carbonyl (C=O) groups is 2. The first-order chi connectivity index (χ1) is 13.2. The number of nitrogens with one attached hydrogen (secondary N) is 1. The lowest BCUT2D eigenvalue weighted by Gasteiger charge is -2.33. The Balaban J connectivity index is 1.55. The molecular formula is C19H25N3O4S. The molecule has 146 valence electrons. The first kappa shape index (κ1) is 19.3. The Hall–Kier alpha value is -2.48. The third-order valence-corrected chi connectivity index (χ3v) is 5.35. The van der Waals surface area contributed by atoms with Crippen LogP contribution >= 0.6 is 11.3 Å². The second-order valence-corrected chi connectivity index (χ2v) is 7.46. The van der Waals surface area contributed by atoms with Crippen molar-refractivity contribution in [3.8, 4) is 0 Å². The van der Waals surface area contributed by atoms with Gasteiger partial charge in [0.05, 0.1) is 26.0 Å². The summed E-state index contributed by atoms with van der Waals surface area (Å²) in [4.78, 5) is 29.2. The molecule has 3 rings (SSSR count). The summed E-state index contributed by atoms with van der Waals surface area (Å²) in [6.45, 7) is 4.30. The third-order valence-electron chi connectivity index (χ3n) is 4.49. The van der Waals surface area contributed by atoms with Crippen LogP contribution in [0.3, 0.4) is 0 Å². The van der Waals surface area contributed by atoms with Gasteiger partial charge in [0.1, 0.15) is 5.76 Å². The summed E-state index contributed by atoms with van der Waals surface area (Å²) < 4.78 is 10.4. The van der Waals surface area contributed by atoms with Crippen molar-refractivity contribution in [2.45, 2.75) is 38.9 Å². The molecule has 1 aliphatic rings. The van der Waals surface area contributed by atoms with Gasteiger partial charge in [0.25, 0.3) is 0 Å². The van der Waals surface area contributed by atoms with E-state index in [-0.39, 0.29) is 18.2 Å². The molecule has 1 fully saturated rings. The van der Waals surface area contributed by atoms with E-state index >= 15 is 0 Å². The highest BCUT2D eigenvalue weighted by Gasteiger charge is 2.26. The van der Waals surface area contributed by atoms with Gasteiger partial charge >= 0.3 is 12.1 Å². The monoisotopic (exact) mass is 391 g/mol. The molecule has 0 radical (unpaired) electrons. The Kier molecular flexibility index (Phi) is 6.75. The quantitative estimate of drug-likeness (QED) is 0.815. The van der Waals surface area contributed by atoms with Crippen molar-refractivity contribution in [3.05, 3.63) is 46.5 Å². The Labute approximate surface area is 162 Å². The van der Waals surface area contributed by atoms with Crippen LogP contribution in [0.5, 0.6) is 0 Å².